The Hall–Kier alpha value is -2.28. The Labute approximate surface area is 157 Å². The summed E-state index contributed by atoms with van der Waals surface area (Å²) in [7, 11) is 0. The normalized spacial score (nSPS) is 17.2. The van der Waals surface area contributed by atoms with Gasteiger partial charge in [0.2, 0.25) is 16.9 Å². The predicted octanol–water partition coefficient (Wildman–Crippen LogP) is 3.74. The van der Waals surface area contributed by atoms with Crippen LogP contribution in [-0.2, 0) is 9.59 Å². The zero-order valence-electron chi connectivity index (χ0n) is 15.4. The van der Waals surface area contributed by atoms with Crippen molar-refractivity contribution in [1.82, 2.24) is 10.2 Å². The van der Waals surface area contributed by atoms with Gasteiger partial charge in [-0.25, -0.2) is 0 Å². The van der Waals surface area contributed by atoms with Crippen molar-refractivity contribution >= 4 is 34.0 Å². The molecule has 0 bridgehead atoms. The number of hydrogen-bond acceptors (Lipinski definition) is 5. The number of para-hydroxylation sites is 1. The first kappa shape index (κ1) is 18.5. The van der Waals surface area contributed by atoms with Gasteiger partial charge in [-0.15, -0.1) is 10.2 Å². The minimum Gasteiger partial charge on any atom is -0.311 e. The maximum atomic E-state index is 12.5. The molecule has 0 spiro atoms. The van der Waals surface area contributed by atoms with Gasteiger partial charge in [0.25, 0.3) is 0 Å². The van der Waals surface area contributed by atoms with Gasteiger partial charge in [0, 0.05) is 30.5 Å². The van der Waals surface area contributed by atoms with Gasteiger partial charge in [-0.1, -0.05) is 43.4 Å². The zero-order valence-corrected chi connectivity index (χ0v) is 16.2. The molecule has 2 amide bonds. The van der Waals surface area contributed by atoms with Gasteiger partial charge < -0.3 is 10.2 Å². The van der Waals surface area contributed by atoms with E-state index in [0.29, 0.717) is 18.1 Å². The molecule has 1 aromatic carbocycles. The van der Waals surface area contributed by atoms with Crippen LogP contribution in [0, 0.1) is 12.8 Å². The van der Waals surface area contributed by atoms with Crippen molar-refractivity contribution in [3.8, 4) is 0 Å². The topological polar surface area (TPSA) is 75.2 Å². The number of aryl methyl sites for hydroxylation is 1. The molecule has 1 N–H and O–H groups in total. The van der Waals surface area contributed by atoms with Crippen molar-refractivity contribution < 1.29 is 9.59 Å². The summed E-state index contributed by atoms with van der Waals surface area (Å²) in [4.78, 5) is 26.5. The number of nitrogens with zero attached hydrogens (tertiary/aromatic N) is 3. The van der Waals surface area contributed by atoms with Crippen LogP contribution < -0.4 is 10.2 Å². The van der Waals surface area contributed by atoms with Crippen molar-refractivity contribution in [3.63, 3.8) is 0 Å². The van der Waals surface area contributed by atoms with Gasteiger partial charge >= 0.3 is 0 Å². The molecule has 7 heteroatoms. The summed E-state index contributed by atoms with van der Waals surface area (Å²) < 4.78 is 0. The molecule has 6 nitrogen and oxygen atoms in total. The first-order chi connectivity index (χ1) is 12.5. The highest BCUT2D eigenvalue weighted by molar-refractivity contribution is 7.15. The Bertz CT molecular complexity index is 800. The highest BCUT2D eigenvalue weighted by Crippen LogP contribution is 2.35. The van der Waals surface area contributed by atoms with Crippen LogP contribution in [0.5, 0.6) is 0 Å². The SMILES string of the molecule is CCC(CC)C(=O)Nc1nnc([C@@H]2CC(=O)N(c3ccccc3C)C2)s1. The van der Waals surface area contributed by atoms with Crippen LogP contribution >= 0.6 is 11.3 Å². The van der Waals surface area contributed by atoms with Crippen LogP contribution in [0.3, 0.4) is 0 Å². The van der Waals surface area contributed by atoms with Gasteiger partial charge in [-0.05, 0) is 31.4 Å². The number of aromatic nitrogens is 2. The molecule has 1 fully saturated rings. The minimum atomic E-state index is -0.0123. The maximum Gasteiger partial charge on any atom is 0.229 e. The van der Waals surface area contributed by atoms with Gasteiger partial charge in [-0.3, -0.25) is 9.59 Å². The second-order valence-corrected chi connectivity index (χ2v) is 7.65. The molecule has 1 atom stereocenters. The van der Waals surface area contributed by atoms with Crippen LogP contribution in [0.2, 0.25) is 0 Å². The fraction of sp³-hybridized carbons (Fsp3) is 0.474. The Morgan fingerprint density at radius 1 is 1.31 bits per heavy atom. The van der Waals surface area contributed by atoms with E-state index in [-0.39, 0.29) is 23.7 Å². The van der Waals surface area contributed by atoms with E-state index in [1.807, 2.05) is 49.9 Å². The summed E-state index contributed by atoms with van der Waals surface area (Å²) >= 11 is 1.37. The fourth-order valence-corrected chi connectivity index (χ4v) is 4.13. The minimum absolute atomic E-state index is 0.00745. The Kier molecular flexibility index (Phi) is 5.66. The second-order valence-electron chi connectivity index (χ2n) is 6.64. The molecule has 0 aliphatic carbocycles. The molecule has 138 valence electrons. The maximum absolute atomic E-state index is 12.5. The lowest BCUT2D eigenvalue weighted by Gasteiger charge is -2.18. The number of amides is 2. The van der Waals surface area contributed by atoms with E-state index in [2.05, 4.69) is 15.5 Å². The molecule has 2 aromatic rings. The van der Waals surface area contributed by atoms with E-state index >= 15 is 0 Å². The molecule has 1 saturated heterocycles. The number of carbonyl (C=O) groups is 2. The smallest absolute Gasteiger partial charge is 0.229 e. The molecule has 26 heavy (non-hydrogen) atoms. The monoisotopic (exact) mass is 372 g/mol. The number of nitrogens with one attached hydrogen (secondary N) is 1. The van der Waals surface area contributed by atoms with E-state index in [1.54, 1.807) is 0 Å². The summed E-state index contributed by atoms with van der Waals surface area (Å²) in [5.74, 6) is 0.0919. The van der Waals surface area contributed by atoms with Crippen LogP contribution in [0.1, 0.15) is 49.6 Å². The highest BCUT2D eigenvalue weighted by atomic mass is 32.1. The summed E-state index contributed by atoms with van der Waals surface area (Å²) in [5, 5.41) is 12.5. The second kappa shape index (κ2) is 7.95. The van der Waals surface area contributed by atoms with E-state index in [1.165, 1.54) is 11.3 Å². The molecule has 1 aromatic heterocycles. The molecule has 0 radical (unpaired) electrons. The van der Waals surface area contributed by atoms with Gasteiger partial charge in [0.05, 0.1) is 0 Å². The predicted molar refractivity (Wildman–Crippen MR) is 104 cm³/mol. The first-order valence-electron chi connectivity index (χ1n) is 9.03. The zero-order chi connectivity index (χ0) is 18.7. The van der Waals surface area contributed by atoms with Crippen LogP contribution in [-0.4, -0.2) is 28.6 Å². The van der Waals surface area contributed by atoms with Gasteiger partial charge in [0.15, 0.2) is 0 Å². The van der Waals surface area contributed by atoms with Crippen molar-refractivity contribution in [2.24, 2.45) is 5.92 Å². The van der Waals surface area contributed by atoms with Crippen molar-refractivity contribution in [2.75, 3.05) is 16.8 Å². The molecule has 1 aliphatic rings. The molecular formula is C19H24N4O2S. The van der Waals surface area contributed by atoms with Crippen molar-refractivity contribution in [1.29, 1.82) is 0 Å². The van der Waals surface area contributed by atoms with E-state index in [0.717, 1.165) is 29.1 Å². The Balaban J connectivity index is 1.70. The molecule has 1 aliphatic heterocycles. The lowest BCUT2D eigenvalue weighted by Crippen LogP contribution is -2.25. The number of anilines is 2. The quantitative estimate of drug-likeness (QED) is 0.838. The van der Waals surface area contributed by atoms with Crippen LogP contribution in [0.4, 0.5) is 10.8 Å². The Morgan fingerprint density at radius 3 is 2.73 bits per heavy atom. The van der Waals surface area contributed by atoms with Crippen molar-refractivity contribution in [3.05, 3.63) is 34.8 Å². The largest absolute Gasteiger partial charge is 0.311 e. The average molecular weight is 372 g/mol. The molecule has 3 rings (SSSR count). The number of benzene rings is 1. The summed E-state index contributed by atoms with van der Waals surface area (Å²) in [6.07, 6.45) is 2.02. The summed E-state index contributed by atoms with van der Waals surface area (Å²) in [5.41, 5.74) is 2.03. The van der Waals surface area contributed by atoms with Crippen LogP contribution in [0.15, 0.2) is 24.3 Å². The third kappa shape index (κ3) is 3.77. The average Bonchev–Trinajstić information content (AvgIpc) is 3.23. The van der Waals surface area contributed by atoms with E-state index in [4.69, 9.17) is 0 Å². The molecular weight excluding hydrogens is 348 g/mol. The van der Waals surface area contributed by atoms with E-state index < -0.39 is 0 Å². The lowest BCUT2D eigenvalue weighted by molar-refractivity contribution is -0.120. The molecule has 2 heterocycles. The first-order valence-corrected chi connectivity index (χ1v) is 9.85. The number of hydrogen-bond donors (Lipinski definition) is 1. The lowest BCUT2D eigenvalue weighted by atomic mass is 10.0. The number of carbonyl (C=O) groups excluding carboxylic acids is 2. The van der Waals surface area contributed by atoms with Gasteiger partial charge in [0.1, 0.15) is 5.01 Å². The Morgan fingerprint density at radius 2 is 2.04 bits per heavy atom. The fourth-order valence-electron chi connectivity index (χ4n) is 3.29. The molecule has 0 saturated carbocycles. The van der Waals surface area contributed by atoms with E-state index in [9.17, 15) is 9.59 Å². The van der Waals surface area contributed by atoms with Gasteiger partial charge in [-0.2, -0.15) is 0 Å². The summed E-state index contributed by atoms with van der Waals surface area (Å²) in [6.45, 7) is 6.61. The van der Waals surface area contributed by atoms with Crippen LogP contribution in [0.25, 0.3) is 0 Å². The summed E-state index contributed by atoms with van der Waals surface area (Å²) in [6, 6.07) is 7.89. The third-order valence-electron chi connectivity index (χ3n) is 4.91. The third-order valence-corrected chi connectivity index (χ3v) is 5.91. The highest BCUT2D eigenvalue weighted by Gasteiger charge is 2.34. The molecule has 0 unspecified atom stereocenters. The number of rotatable bonds is 6. The standard InChI is InChI=1S/C19H24N4O2S/c1-4-13(5-2)17(25)20-19-22-21-18(26-19)14-10-16(24)23(11-14)15-9-7-6-8-12(15)3/h6-9,13-14H,4-5,10-11H2,1-3H3,(H,20,22,25)/t14-/m1/s1. The van der Waals surface area contributed by atoms with Crippen molar-refractivity contribution in [2.45, 2.75) is 46.0 Å².